The van der Waals surface area contributed by atoms with Crippen molar-refractivity contribution < 1.29 is 20.1 Å². The van der Waals surface area contributed by atoms with Crippen molar-refractivity contribution in [2.75, 3.05) is 7.11 Å². The minimum atomic E-state index is -0.505. The monoisotopic (exact) mass is 161 g/mol. The predicted molar refractivity (Wildman–Crippen MR) is 37.1 cm³/mol. The summed E-state index contributed by atoms with van der Waals surface area (Å²) in [4.78, 5) is 20.9. The second-order valence-electron chi connectivity index (χ2n) is 2.21. The fraction of sp³-hybridized carbons (Fsp3) is 0.667. The first-order valence-electron chi connectivity index (χ1n) is 3.27. The van der Waals surface area contributed by atoms with Crippen molar-refractivity contribution in [3.63, 3.8) is 0 Å². The number of hydrogen-bond acceptors (Lipinski definition) is 3. The molecule has 0 spiro atoms. The van der Waals surface area contributed by atoms with Crippen LogP contribution in [-0.2, 0) is 14.3 Å². The van der Waals surface area contributed by atoms with Crippen LogP contribution in [0.5, 0.6) is 0 Å². The van der Waals surface area contributed by atoms with Gasteiger partial charge in [0.05, 0.1) is 13.5 Å². The first-order chi connectivity index (χ1) is 5.07. The molecule has 0 aliphatic heterocycles. The van der Waals surface area contributed by atoms with E-state index in [0.29, 0.717) is 6.42 Å². The number of amides is 1. The first kappa shape index (κ1) is 9.90. The zero-order valence-corrected chi connectivity index (χ0v) is 6.50. The third-order valence-corrected chi connectivity index (χ3v) is 1.33. The van der Waals surface area contributed by atoms with E-state index >= 15 is 0 Å². The average Bonchev–Trinajstić information content (AvgIpc) is 1.99. The molecule has 1 amide bonds. The van der Waals surface area contributed by atoms with Gasteiger partial charge in [-0.1, -0.05) is 0 Å². The molecule has 0 bridgehead atoms. The smallest absolute Gasteiger partial charge is 0.305 e. The zero-order chi connectivity index (χ0) is 8.85. The normalized spacial score (nSPS) is 12.2. The largest absolute Gasteiger partial charge is 0.469 e. The van der Waals surface area contributed by atoms with Crippen molar-refractivity contribution in [2.24, 2.45) is 5.73 Å². The van der Waals surface area contributed by atoms with Gasteiger partial charge in [-0.2, -0.15) is 0 Å². The maximum absolute atomic E-state index is 10.5. The Hall–Kier alpha value is -1.10. The highest BCUT2D eigenvalue weighted by Crippen LogP contribution is 1.93. The van der Waals surface area contributed by atoms with Crippen LogP contribution in [0.4, 0.5) is 0 Å². The van der Waals surface area contributed by atoms with E-state index < -0.39 is 11.9 Å². The number of hydrogen-bond donors (Lipinski definition) is 2. The lowest BCUT2D eigenvalue weighted by Gasteiger charge is -2.01. The zero-order valence-electron chi connectivity index (χ0n) is 6.50. The number of ether oxygens (including phenoxy) is 1. The van der Waals surface area contributed by atoms with Gasteiger partial charge in [-0.3, -0.25) is 9.59 Å². The van der Waals surface area contributed by atoms with E-state index in [9.17, 15) is 9.59 Å². The molecule has 0 aliphatic rings. The minimum Gasteiger partial charge on any atom is -0.469 e. The van der Waals surface area contributed by atoms with Gasteiger partial charge < -0.3 is 16.2 Å². The molecule has 64 valence electrons. The number of quaternary nitrogens is 1. The van der Waals surface area contributed by atoms with Crippen LogP contribution in [0.1, 0.15) is 12.8 Å². The summed E-state index contributed by atoms with van der Waals surface area (Å²) in [6.07, 6.45) is 0.537. The molecule has 0 saturated carbocycles. The second-order valence-corrected chi connectivity index (χ2v) is 2.21. The van der Waals surface area contributed by atoms with Gasteiger partial charge in [0.2, 0.25) is 0 Å². The molecule has 1 atom stereocenters. The fourth-order valence-electron chi connectivity index (χ4n) is 0.536. The Morgan fingerprint density at radius 1 is 1.64 bits per heavy atom. The van der Waals surface area contributed by atoms with Crippen molar-refractivity contribution in [3.05, 3.63) is 0 Å². The predicted octanol–water partition coefficient (Wildman–Crippen LogP) is -1.96. The molecule has 5 heteroatoms. The summed E-state index contributed by atoms with van der Waals surface area (Å²) in [6.45, 7) is 0. The molecular formula is C6H13N2O3+. The van der Waals surface area contributed by atoms with E-state index in [1.807, 2.05) is 0 Å². The van der Waals surface area contributed by atoms with Crippen molar-refractivity contribution >= 4 is 11.9 Å². The Labute approximate surface area is 64.7 Å². The molecule has 0 aliphatic carbocycles. The Morgan fingerprint density at radius 2 is 2.18 bits per heavy atom. The molecule has 0 aromatic rings. The molecule has 0 aromatic carbocycles. The van der Waals surface area contributed by atoms with Crippen LogP contribution in [0, 0.1) is 0 Å². The molecule has 0 aromatic heterocycles. The summed E-state index contributed by atoms with van der Waals surface area (Å²) in [7, 11) is 1.30. The van der Waals surface area contributed by atoms with Crippen LogP contribution in [0.15, 0.2) is 0 Å². The van der Waals surface area contributed by atoms with E-state index in [2.05, 4.69) is 10.5 Å². The van der Waals surface area contributed by atoms with Gasteiger partial charge in [-0.25, -0.2) is 0 Å². The lowest BCUT2D eigenvalue weighted by molar-refractivity contribution is -0.404. The Morgan fingerprint density at radius 3 is 2.55 bits per heavy atom. The number of nitrogens with two attached hydrogens (primary N) is 1. The highest BCUT2D eigenvalue weighted by molar-refractivity contribution is 5.79. The maximum Gasteiger partial charge on any atom is 0.305 e. The van der Waals surface area contributed by atoms with Crippen LogP contribution >= 0.6 is 0 Å². The molecule has 0 heterocycles. The standard InChI is InChI=1S/C6H12N2O3/c1-11-5(9)3-2-4(7)6(8)10/h4H,2-3,7H2,1H3,(H2,8,10)/p+1/t4-/m0/s1. The first-order valence-corrected chi connectivity index (χ1v) is 3.27. The summed E-state index contributed by atoms with van der Waals surface area (Å²) in [5.74, 6) is -0.839. The van der Waals surface area contributed by atoms with Crippen molar-refractivity contribution in [2.45, 2.75) is 18.9 Å². The number of carbonyl (C=O) groups excluding carboxylic acids is 2. The van der Waals surface area contributed by atoms with Crippen molar-refractivity contribution in [3.8, 4) is 0 Å². The summed E-state index contributed by atoms with van der Waals surface area (Å²) in [5, 5.41) is 0. The quantitative estimate of drug-likeness (QED) is 0.468. The summed E-state index contributed by atoms with van der Waals surface area (Å²) < 4.78 is 4.36. The fourth-order valence-corrected chi connectivity index (χ4v) is 0.536. The molecular weight excluding hydrogens is 148 g/mol. The van der Waals surface area contributed by atoms with E-state index in [-0.39, 0.29) is 12.4 Å². The minimum absolute atomic E-state index is 0.188. The Bertz CT molecular complexity index is 158. The molecule has 0 rings (SSSR count). The number of primary amides is 1. The summed E-state index contributed by atoms with van der Waals surface area (Å²) in [5.41, 5.74) is 8.37. The molecule has 5 nitrogen and oxygen atoms in total. The van der Waals surface area contributed by atoms with Gasteiger partial charge in [0.1, 0.15) is 0 Å². The average molecular weight is 161 g/mol. The molecule has 5 N–H and O–H groups in total. The second kappa shape index (κ2) is 4.68. The van der Waals surface area contributed by atoms with Crippen molar-refractivity contribution in [1.82, 2.24) is 0 Å². The number of rotatable bonds is 4. The molecule has 0 radical (unpaired) electrons. The maximum atomic E-state index is 10.5. The summed E-state index contributed by atoms with van der Waals surface area (Å²) in [6, 6.07) is -0.505. The third-order valence-electron chi connectivity index (χ3n) is 1.33. The third kappa shape index (κ3) is 4.32. The highest BCUT2D eigenvalue weighted by atomic mass is 16.5. The van der Waals surface area contributed by atoms with Gasteiger partial charge in [0.25, 0.3) is 5.91 Å². The summed E-state index contributed by atoms with van der Waals surface area (Å²) >= 11 is 0. The number of esters is 1. The van der Waals surface area contributed by atoms with Crippen LogP contribution in [0.25, 0.3) is 0 Å². The SMILES string of the molecule is COC(=O)CC[C@H]([NH3+])C(N)=O. The molecule has 0 fully saturated rings. The number of carbonyl (C=O) groups is 2. The molecule has 0 saturated heterocycles. The Balaban J connectivity index is 3.54. The topological polar surface area (TPSA) is 97.0 Å². The lowest BCUT2D eigenvalue weighted by atomic mass is 10.1. The lowest BCUT2D eigenvalue weighted by Crippen LogP contribution is -2.66. The van der Waals surface area contributed by atoms with Gasteiger partial charge >= 0.3 is 5.97 Å². The van der Waals surface area contributed by atoms with Crippen LogP contribution in [0.2, 0.25) is 0 Å². The van der Waals surface area contributed by atoms with Gasteiger partial charge in [0, 0.05) is 6.42 Å². The highest BCUT2D eigenvalue weighted by Gasteiger charge is 2.14. The van der Waals surface area contributed by atoms with E-state index in [0.717, 1.165) is 0 Å². The van der Waals surface area contributed by atoms with E-state index in [4.69, 9.17) is 5.73 Å². The van der Waals surface area contributed by atoms with Crippen molar-refractivity contribution in [1.29, 1.82) is 0 Å². The van der Waals surface area contributed by atoms with Crippen LogP contribution in [-0.4, -0.2) is 25.0 Å². The number of methoxy groups -OCH3 is 1. The van der Waals surface area contributed by atoms with Crippen LogP contribution < -0.4 is 11.5 Å². The van der Waals surface area contributed by atoms with E-state index in [1.165, 1.54) is 7.11 Å². The van der Waals surface area contributed by atoms with Gasteiger partial charge in [0.15, 0.2) is 6.04 Å². The Kier molecular flexibility index (Phi) is 4.21. The molecule has 11 heavy (non-hydrogen) atoms. The van der Waals surface area contributed by atoms with Gasteiger partial charge in [-0.05, 0) is 0 Å². The van der Waals surface area contributed by atoms with Crippen LogP contribution in [0.3, 0.4) is 0 Å². The molecule has 0 unspecified atom stereocenters. The van der Waals surface area contributed by atoms with Gasteiger partial charge in [-0.15, -0.1) is 0 Å². The van der Waals surface area contributed by atoms with E-state index in [1.54, 1.807) is 0 Å².